The molecule has 0 saturated carbocycles. The lowest BCUT2D eigenvalue weighted by Crippen LogP contribution is -1.90. The molecule has 0 atom stereocenters. The van der Waals surface area contributed by atoms with Crippen molar-refractivity contribution in [3.8, 4) is 0 Å². The molecule has 0 aromatic carbocycles. The summed E-state index contributed by atoms with van der Waals surface area (Å²) in [5.41, 5.74) is 0.701. The Kier molecular flexibility index (Phi) is 3.02. The van der Waals surface area contributed by atoms with Gasteiger partial charge in [-0.05, 0) is 23.3 Å². The highest BCUT2D eigenvalue weighted by Crippen LogP contribution is 2.24. The van der Waals surface area contributed by atoms with Gasteiger partial charge in [0.2, 0.25) is 0 Å². The van der Waals surface area contributed by atoms with Gasteiger partial charge in [-0.15, -0.1) is 0 Å². The molecule has 7 heteroatoms. The van der Waals surface area contributed by atoms with Crippen molar-refractivity contribution in [2.75, 3.05) is 0 Å². The van der Waals surface area contributed by atoms with Gasteiger partial charge in [0.1, 0.15) is 6.33 Å². The van der Waals surface area contributed by atoms with Crippen LogP contribution in [-0.4, -0.2) is 24.4 Å². The molecule has 0 unspecified atom stereocenters. The van der Waals surface area contributed by atoms with Crippen LogP contribution < -0.4 is 0 Å². The number of aliphatic hydroxyl groups is 1. The molecule has 5 nitrogen and oxygen atoms in total. The molecule has 2 rings (SSSR count). The molecule has 1 N–H and O–H groups in total. The van der Waals surface area contributed by atoms with Crippen LogP contribution in [-0.2, 0) is 6.61 Å². The fourth-order valence-electron chi connectivity index (χ4n) is 0.763. The van der Waals surface area contributed by atoms with E-state index in [2.05, 4.69) is 19.3 Å². The second kappa shape index (κ2) is 4.45. The fourth-order valence-corrected chi connectivity index (χ4v) is 2.01. The fraction of sp³-hybridized carbons (Fsp3) is 0.143. The molecule has 0 radical (unpaired) electrons. The van der Waals surface area contributed by atoms with Crippen molar-refractivity contribution in [3.05, 3.63) is 24.3 Å². The minimum absolute atomic E-state index is 0.0379. The topological polar surface area (TPSA) is 71.8 Å². The van der Waals surface area contributed by atoms with Crippen LogP contribution in [0.1, 0.15) is 5.56 Å². The van der Waals surface area contributed by atoms with Crippen molar-refractivity contribution < 1.29 is 5.11 Å². The van der Waals surface area contributed by atoms with Crippen LogP contribution in [0.15, 0.2) is 28.2 Å². The molecular weight excluding hydrogens is 220 g/mol. The van der Waals surface area contributed by atoms with Gasteiger partial charge in [-0.3, -0.25) is 0 Å². The summed E-state index contributed by atoms with van der Waals surface area (Å²) in [6.07, 6.45) is 4.68. The molecule has 0 amide bonds. The van der Waals surface area contributed by atoms with E-state index in [9.17, 15) is 0 Å². The van der Waals surface area contributed by atoms with Gasteiger partial charge in [0.25, 0.3) is 0 Å². The third kappa shape index (κ3) is 2.25. The molecule has 2 heterocycles. The maximum atomic E-state index is 8.78. The van der Waals surface area contributed by atoms with Crippen LogP contribution in [0.5, 0.6) is 0 Å². The van der Waals surface area contributed by atoms with E-state index in [1.807, 2.05) is 0 Å². The number of aliphatic hydroxyl groups excluding tert-OH is 1. The summed E-state index contributed by atoms with van der Waals surface area (Å²) < 4.78 is 4.67. The molecule has 2 aromatic heterocycles. The Morgan fingerprint density at radius 3 is 2.64 bits per heavy atom. The summed E-state index contributed by atoms with van der Waals surface area (Å²) in [7, 11) is 0. The zero-order chi connectivity index (χ0) is 9.80. The summed E-state index contributed by atoms with van der Waals surface area (Å²) in [5, 5.41) is 9.39. The smallest absolute Gasteiger partial charge is 0.194 e. The summed E-state index contributed by atoms with van der Waals surface area (Å²) in [4.78, 5) is 12.1. The average Bonchev–Trinajstić information content (AvgIpc) is 2.72. The van der Waals surface area contributed by atoms with Gasteiger partial charge >= 0.3 is 0 Å². The molecule has 0 saturated heterocycles. The van der Waals surface area contributed by atoms with Crippen LogP contribution in [0.3, 0.4) is 0 Å². The van der Waals surface area contributed by atoms with Gasteiger partial charge in [-0.2, -0.15) is 4.37 Å². The quantitative estimate of drug-likeness (QED) is 0.786. The minimum Gasteiger partial charge on any atom is -0.392 e. The third-order valence-corrected chi connectivity index (χ3v) is 2.99. The maximum absolute atomic E-state index is 8.78. The number of rotatable bonds is 3. The van der Waals surface area contributed by atoms with Crippen LogP contribution in [0.4, 0.5) is 0 Å². The highest BCUT2D eigenvalue weighted by atomic mass is 32.2. The average molecular weight is 226 g/mol. The molecule has 2 aromatic rings. The van der Waals surface area contributed by atoms with Gasteiger partial charge in [-0.25, -0.2) is 15.0 Å². The van der Waals surface area contributed by atoms with E-state index >= 15 is 0 Å². The molecule has 0 aliphatic rings. The van der Waals surface area contributed by atoms with Crippen LogP contribution in [0.2, 0.25) is 0 Å². The van der Waals surface area contributed by atoms with Gasteiger partial charge in [-0.1, -0.05) is 0 Å². The molecule has 0 bridgehead atoms. The second-order valence-electron chi connectivity index (χ2n) is 2.34. The predicted molar refractivity (Wildman–Crippen MR) is 52.0 cm³/mol. The number of hydrogen-bond donors (Lipinski definition) is 1. The highest BCUT2D eigenvalue weighted by molar-refractivity contribution is 8.00. The first-order chi connectivity index (χ1) is 6.88. The molecule has 0 aliphatic heterocycles. The Morgan fingerprint density at radius 1 is 1.29 bits per heavy atom. The maximum Gasteiger partial charge on any atom is 0.194 e. The van der Waals surface area contributed by atoms with Crippen molar-refractivity contribution in [3.63, 3.8) is 0 Å². The Morgan fingerprint density at radius 2 is 2.07 bits per heavy atom. The first kappa shape index (κ1) is 9.50. The molecule has 14 heavy (non-hydrogen) atoms. The third-order valence-electron chi connectivity index (χ3n) is 1.38. The summed E-state index contributed by atoms with van der Waals surface area (Å²) in [5.74, 6) is 0. The zero-order valence-corrected chi connectivity index (χ0v) is 8.62. The van der Waals surface area contributed by atoms with E-state index in [1.54, 1.807) is 12.4 Å². The lowest BCUT2D eigenvalue weighted by atomic mass is 10.4. The number of aromatic nitrogens is 4. The van der Waals surface area contributed by atoms with E-state index in [0.717, 1.165) is 4.34 Å². The zero-order valence-electron chi connectivity index (χ0n) is 6.99. The minimum atomic E-state index is -0.0379. The highest BCUT2D eigenvalue weighted by Gasteiger charge is 2.02. The van der Waals surface area contributed by atoms with Gasteiger partial charge in [0.15, 0.2) is 9.50 Å². The van der Waals surface area contributed by atoms with E-state index in [1.165, 1.54) is 29.6 Å². The largest absolute Gasteiger partial charge is 0.392 e. The van der Waals surface area contributed by atoms with E-state index in [4.69, 9.17) is 5.11 Å². The first-order valence-corrected chi connectivity index (χ1v) is 5.34. The van der Waals surface area contributed by atoms with Crippen molar-refractivity contribution >= 4 is 23.3 Å². The van der Waals surface area contributed by atoms with Crippen molar-refractivity contribution in [1.82, 2.24) is 19.3 Å². The monoisotopic (exact) mass is 226 g/mol. The molecule has 0 fully saturated rings. The lowest BCUT2D eigenvalue weighted by molar-refractivity contribution is 0.280. The predicted octanol–water partition coefficient (Wildman–Crippen LogP) is 0.972. The first-order valence-electron chi connectivity index (χ1n) is 3.75. The van der Waals surface area contributed by atoms with Gasteiger partial charge in [0, 0.05) is 18.0 Å². The molecule has 0 aliphatic carbocycles. The number of nitrogens with zero attached hydrogens (tertiary/aromatic N) is 4. The summed E-state index contributed by atoms with van der Waals surface area (Å²) in [6, 6.07) is 0. The molecule has 72 valence electrons. The van der Waals surface area contributed by atoms with Crippen LogP contribution in [0.25, 0.3) is 0 Å². The standard InChI is InChI=1S/C7H6N4OS2/c12-3-5-1-8-6(9-2-5)13-7-10-4-11-14-7/h1-2,4,12H,3H2. The lowest BCUT2D eigenvalue weighted by Gasteiger charge is -1.96. The summed E-state index contributed by atoms with van der Waals surface area (Å²) >= 11 is 2.65. The Labute approximate surface area is 88.4 Å². The number of hydrogen-bond acceptors (Lipinski definition) is 7. The molecule has 0 spiro atoms. The van der Waals surface area contributed by atoms with Crippen molar-refractivity contribution in [2.24, 2.45) is 0 Å². The van der Waals surface area contributed by atoms with Crippen molar-refractivity contribution in [1.29, 1.82) is 0 Å². The van der Waals surface area contributed by atoms with E-state index in [0.29, 0.717) is 10.7 Å². The van der Waals surface area contributed by atoms with Crippen LogP contribution in [0, 0.1) is 0 Å². The molecular formula is C7H6N4OS2. The Balaban J connectivity index is 2.10. The van der Waals surface area contributed by atoms with E-state index < -0.39 is 0 Å². The van der Waals surface area contributed by atoms with Gasteiger partial charge in [0.05, 0.1) is 6.61 Å². The van der Waals surface area contributed by atoms with Crippen LogP contribution >= 0.6 is 23.3 Å². The summed E-state index contributed by atoms with van der Waals surface area (Å²) in [6.45, 7) is -0.0379. The Bertz CT molecular complexity index is 389. The normalized spacial score (nSPS) is 10.4. The Hall–Kier alpha value is -1.05. The van der Waals surface area contributed by atoms with Gasteiger partial charge < -0.3 is 5.11 Å². The van der Waals surface area contributed by atoms with Crippen molar-refractivity contribution in [2.45, 2.75) is 16.1 Å². The van der Waals surface area contributed by atoms with E-state index in [-0.39, 0.29) is 6.61 Å². The SMILES string of the molecule is OCc1cnc(Sc2ncns2)nc1. The second-order valence-corrected chi connectivity index (χ2v) is 4.34.